The Morgan fingerprint density at radius 2 is 1.70 bits per heavy atom. The Kier molecular flexibility index (Phi) is 6.17. The molecule has 0 aromatic heterocycles. The minimum atomic E-state index is -4.38. The first kappa shape index (κ1) is 17.6. The number of halogens is 5. The van der Waals surface area contributed by atoms with Gasteiger partial charge in [-0.1, -0.05) is 30.9 Å². The van der Waals surface area contributed by atoms with Gasteiger partial charge in [0.15, 0.2) is 0 Å². The van der Waals surface area contributed by atoms with Crippen LogP contribution in [0.1, 0.15) is 49.3 Å². The number of hydrogen-bond donors (Lipinski definition) is 1. The Morgan fingerprint density at radius 3 is 2.25 bits per heavy atom. The summed E-state index contributed by atoms with van der Waals surface area (Å²) in [5, 5.41) is 0.0936. The number of benzene rings is 1. The fourth-order valence-corrected chi connectivity index (χ4v) is 2.98. The van der Waals surface area contributed by atoms with Crippen molar-refractivity contribution in [1.29, 1.82) is 0 Å². The van der Waals surface area contributed by atoms with Gasteiger partial charge in [-0.05, 0) is 42.5 Å². The highest BCUT2D eigenvalue weighted by atomic mass is 35.5. The summed E-state index contributed by atoms with van der Waals surface area (Å²) in [6, 6.07) is 3.26. The molecule has 1 aliphatic rings. The Balaban J connectivity index is 0.00000200. The van der Waals surface area contributed by atoms with E-state index in [1.807, 2.05) is 0 Å². The lowest BCUT2D eigenvalue weighted by atomic mass is 9.81. The van der Waals surface area contributed by atoms with E-state index in [-0.39, 0.29) is 29.4 Å². The SMILES string of the molecule is Cl.N[C@@H](c1cc(Cl)cc(C(F)(F)F)c1)C1CCCCC1. The summed E-state index contributed by atoms with van der Waals surface area (Å²) in [5.41, 5.74) is 5.90. The standard InChI is InChI=1S/C14H17ClF3N.ClH/c15-12-7-10(6-11(8-12)14(16,17)18)13(19)9-4-2-1-3-5-9;/h6-9,13H,1-5,19H2;1H/t13-;/m1./s1. The second-order valence-corrected chi connectivity index (χ2v) is 5.63. The summed E-state index contributed by atoms with van der Waals surface area (Å²) in [4.78, 5) is 0. The molecule has 2 N–H and O–H groups in total. The second kappa shape index (κ2) is 7.01. The van der Waals surface area contributed by atoms with Crippen molar-refractivity contribution in [2.45, 2.75) is 44.3 Å². The smallest absolute Gasteiger partial charge is 0.324 e. The molecule has 0 aliphatic heterocycles. The molecule has 20 heavy (non-hydrogen) atoms. The van der Waals surface area contributed by atoms with Crippen LogP contribution in [-0.2, 0) is 6.18 Å². The van der Waals surface area contributed by atoms with Crippen molar-refractivity contribution >= 4 is 24.0 Å². The Labute approximate surface area is 128 Å². The lowest BCUT2D eigenvalue weighted by molar-refractivity contribution is -0.137. The molecule has 2 rings (SSSR count). The molecule has 1 fully saturated rings. The van der Waals surface area contributed by atoms with Crippen molar-refractivity contribution in [1.82, 2.24) is 0 Å². The normalized spacial score (nSPS) is 18.4. The lowest BCUT2D eigenvalue weighted by Gasteiger charge is -2.28. The molecule has 0 unspecified atom stereocenters. The van der Waals surface area contributed by atoms with E-state index in [1.165, 1.54) is 6.42 Å². The van der Waals surface area contributed by atoms with Crippen LogP contribution in [0.4, 0.5) is 13.2 Å². The summed E-state index contributed by atoms with van der Waals surface area (Å²) in [5.74, 6) is 0.258. The van der Waals surface area contributed by atoms with E-state index in [2.05, 4.69) is 0 Å². The van der Waals surface area contributed by atoms with Gasteiger partial charge in [0.05, 0.1) is 5.56 Å². The average Bonchev–Trinajstić information content (AvgIpc) is 2.37. The predicted octanol–water partition coefficient (Wildman–Crippen LogP) is 5.36. The Bertz CT molecular complexity index is 443. The van der Waals surface area contributed by atoms with Crippen molar-refractivity contribution in [2.24, 2.45) is 11.7 Å². The lowest BCUT2D eigenvalue weighted by Crippen LogP contribution is -2.24. The molecule has 6 heteroatoms. The molecular formula is C14H18Cl2F3N. The van der Waals surface area contributed by atoms with E-state index >= 15 is 0 Å². The van der Waals surface area contributed by atoms with E-state index in [0.29, 0.717) is 5.56 Å². The predicted molar refractivity (Wildman–Crippen MR) is 77.2 cm³/mol. The van der Waals surface area contributed by atoms with E-state index in [0.717, 1.165) is 37.8 Å². The minimum absolute atomic E-state index is 0. The third kappa shape index (κ3) is 4.27. The topological polar surface area (TPSA) is 26.0 Å². The van der Waals surface area contributed by atoms with Crippen molar-refractivity contribution in [2.75, 3.05) is 0 Å². The van der Waals surface area contributed by atoms with Gasteiger partial charge in [0.25, 0.3) is 0 Å². The molecule has 0 heterocycles. The molecule has 1 nitrogen and oxygen atoms in total. The van der Waals surface area contributed by atoms with Crippen molar-refractivity contribution in [3.05, 3.63) is 34.3 Å². The molecule has 1 aliphatic carbocycles. The van der Waals surface area contributed by atoms with Crippen LogP contribution >= 0.6 is 24.0 Å². The maximum Gasteiger partial charge on any atom is 0.416 e. The maximum absolute atomic E-state index is 12.8. The molecule has 1 aromatic rings. The Morgan fingerprint density at radius 1 is 1.10 bits per heavy atom. The summed E-state index contributed by atoms with van der Waals surface area (Å²) in [7, 11) is 0. The quantitative estimate of drug-likeness (QED) is 0.777. The zero-order valence-corrected chi connectivity index (χ0v) is 12.5. The summed E-state index contributed by atoms with van der Waals surface area (Å²) in [6.07, 6.45) is 0.971. The molecule has 0 radical (unpaired) electrons. The molecule has 0 saturated heterocycles. The number of rotatable bonds is 2. The van der Waals surface area contributed by atoms with Gasteiger partial charge in [0.2, 0.25) is 0 Å². The molecular weight excluding hydrogens is 310 g/mol. The van der Waals surface area contributed by atoms with Crippen LogP contribution < -0.4 is 5.73 Å². The van der Waals surface area contributed by atoms with Crippen LogP contribution in [0.15, 0.2) is 18.2 Å². The van der Waals surface area contributed by atoms with Crippen molar-refractivity contribution < 1.29 is 13.2 Å². The van der Waals surface area contributed by atoms with Gasteiger partial charge < -0.3 is 5.73 Å². The molecule has 0 spiro atoms. The Hall–Kier alpha value is -0.450. The highest BCUT2D eigenvalue weighted by Gasteiger charge is 2.32. The van der Waals surface area contributed by atoms with Crippen molar-refractivity contribution in [3.8, 4) is 0 Å². The van der Waals surface area contributed by atoms with Gasteiger partial charge in [0.1, 0.15) is 0 Å². The molecule has 0 amide bonds. The summed E-state index contributed by atoms with van der Waals surface area (Å²) < 4.78 is 38.3. The van der Waals surface area contributed by atoms with Crippen LogP contribution in [0.3, 0.4) is 0 Å². The monoisotopic (exact) mass is 327 g/mol. The minimum Gasteiger partial charge on any atom is -0.324 e. The number of alkyl halides is 3. The van der Waals surface area contributed by atoms with Gasteiger partial charge in [0, 0.05) is 11.1 Å². The highest BCUT2D eigenvalue weighted by Crippen LogP contribution is 2.37. The number of hydrogen-bond acceptors (Lipinski definition) is 1. The van der Waals surface area contributed by atoms with Gasteiger partial charge in [-0.25, -0.2) is 0 Å². The van der Waals surface area contributed by atoms with E-state index in [1.54, 1.807) is 6.07 Å². The third-order valence-electron chi connectivity index (χ3n) is 3.79. The average molecular weight is 328 g/mol. The van der Waals surface area contributed by atoms with Crippen LogP contribution in [0, 0.1) is 5.92 Å². The van der Waals surface area contributed by atoms with E-state index in [9.17, 15) is 13.2 Å². The summed E-state index contributed by atoms with van der Waals surface area (Å²) >= 11 is 5.78. The van der Waals surface area contributed by atoms with Crippen LogP contribution in [0.25, 0.3) is 0 Å². The van der Waals surface area contributed by atoms with Gasteiger partial charge in [-0.2, -0.15) is 13.2 Å². The zero-order valence-electron chi connectivity index (χ0n) is 10.9. The summed E-state index contributed by atoms with van der Waals surface area (Å²) in [6.45, 7) is 0. The molecule has 1 aromatic carbocycles. The molecule has 0 bridgehead atoms. The van der Waals surface area contributed by atoms with Gasteiger partial charge in [-0.3, -0.25) is 0 Å². The largest absolute Gasteiger partial charge is 0.416 e. The van der Waals surface area contributed by atoms with E-state index < -0.39 is 11.7 Å². The highest BCUT2D eigenvalue weighted by molar-refractivity contribution is 6.30. The van der Waals surface area contributed by atoms with Crippen LogP contribution in [0.5, 0.6) is 0 Å². The first-order chi connectivity index (χ1) is 8.88. The zero-order chi connectivity index (χ0) is 14.0. The van der Waals surface area contributed by atoms with Gasteiger partial charge in [-0.15, -0.1) is 12.4 Å². The number of nitrogens with two attached hydrogens (primary N) is 1. The maximum atomic E-state index is 12.8. The van der Waals surface area contributed by atoms with E-state index in [4.69, 9.17) is 17.3 Å². The second-order valence-electron chi connectivity index (χ2n) is 5.19. The van der Waals surface area contributed by atoms with Crippen LogP contribution in [0.2, 0.25) is 5.02 Å². The fraction of sp³-hybridized carbons (Fsp3) is 0.571. The molecule has 1 saturated carbocycles. The molecule has 114 valence electrons. The van der Waals surface area contributed by atoms with Gasteiger partial charge >= 0.3 is 6.18 Å². The molecule has 1 atom stereocenters. The first-order valence-electron chi connectivity index (χ1n) is 6.51. The first-order valence-corrected chi connectivity index (χ1v) is 6.89. The van der Waals surface area contributed by atoms with Crippen molar-refractivity contribution in [3.63, 3.8) is 0 Å². The fourth-order valence-electron chi connectivity index (χ4n) is 2.73. The van der Waals surface area contributed by atoms with Crippen LogP contribution in [-0.4, -0.2) is 0 Å². The third-order valence-corrected chi connectivity index (χ3v) is 4.01.